The van der Waals surface area contributed by atoms with Crippen molar-refractivity contribution >= 4 is 11.6 Å². The molecule has 0 aliphatic carbocycles. The minimum Gasteiger partial charge on any atom is -0.395 e. The van der Waals surface area contributed by atoms with Gasteiger partial charge in [-0.25, -0.2) is 4.39 Å². The van der Waals surface area contributed by atoms with Crippen molar-refractivity contribution in [2.24, 2.45) is 0 Å². The lowest BCUT2D eigenvalue weighted by Gasteiger charge is -2.13. The molecule has 0 aliphatic rings. The zero-order chi connectivity index (χ0) is 11.3. The van der Waals surface area contributed by atoms with E-state index in [4.69, 9.17) is 16.7 Å². The highest BCUT2D eigenvalue weighted by molar-refractivity contribution is 6.30. The Labute approximate surface area is 94.1 Å². The van der Waals surface area contributed by atoms with Gasteiger partial charge >= 0.3 is 0 Å². The highest BCUT2D eigenvalue weighted by Crippen LogP contribution is 2.15. The van der Waals surface area contributed by atoms with Gasteiger partial charge in [0.1, 0.15) is 5.82 Å². The Balaban J connectivity index is 2.54. The SMILES string of the molecule is CC[C@H](CO)NCc1ccc(F)c(Cl)c1. The highest BCUT2D eigenvalue weighted by Gasteiger charge is 2.05. The molecule has 0 unspecified atom stereocenters. The second-order valence-electron chi connectivity index (χ2n) is 3.42. The highest BCUT2D eigenvalue weighted by atomic mass is 35.5. The maximum atomic E-state index is 12.8. The first-order chi connectivity index (χ1) is 7.17. The molecule has 1 rings (SSSR count). The van der Waals surface area contributed by atoms with Crippen LogP contribution in [0, 0.1) is 5.82 Å². The van der Waals surface area contributed by atoms with Crippen molar-refractivity contribution in [2.45, 2.75) is 25.9 Å². The van der Waals surface area contributed by atoms with E-state index in [1.165, 1.54) is 6.07 Å². The molecule has 0 fully saturated rings. The summed E-state index contributed by atoms with van der Waals surface area (Å²) in [6, 6.07) is 4.69. The van der Waals surface area contributed by atoms with Crippen LogP contribution in [0.4, 0.5) is 4.39 Å². The summed E-state index contributed by atoms with van der Waals surface area (Å²) in [6.45, 7) is 2.68. The summed E-state index contributed by atoms with van der Waals surface area (Å²) in [5.41, 5.74) is 0.910. The van der Waals surface area contributed by atoms with Crippen LogP contribution in [0.25, 0.3) is 0 Å². The van der Waals surface area contributed by atoms with Gasteiger partial charge in [0.15, 0.2) is 0 Å². The van der Waals surface area contributed by atoms with Gasteiger partial charge in [-0.05, 0) is 24.1 Å². The van der Waals surface area contributed by atoms with Gasteiger partial charge in [-0.15, -0.1) is 0 Å². The van der Waals surface area contributed by atoms with E-state index in [2.05, 4.69) is 5.32 Å². The Bertz CT molecular complexity index is 315. The molecule has 0 amide bonds. The lowest BCUT2D eigenvalue weighted by Crippen LogP contribution is -2.31. The maximum Gasteiger partial charge on any atom is 0.141 e. The monoisotopic (exact) mass is 231 g/mol. The minimum atomic E-state index is -0.408. The first kappa shape index (κ1) is 12.4. The molecular weight excluding hydrogens is 217 g/mol. The molecule has 0 saturated carbocycles. The van der Waals surface area contributed by atoms with Gasteiger partial charge < -0.3 is 10.4 Å². The zero-order valence-electron chi connectivity index (χ0n) is 8.63. The quantitative estimate of drug-likeness (QED) is 0.815. The Hall–Kier alpha value is -0.640. The average Bonchev–Trinajstić information content (AvgIpc) is 2.24. The van der Waals surface area contributed by atoms with E-state index in [9.17, 15) is 4.39 Å². The summed E-state index contributed by atoms with van der Waals surface area (Å²) in [7, 11) is 0. The fourth-order valence-electron chi connectivity index (χ4n) is 1.25. The van der Waals surface area contributed by atoms with Gasteiger partial charge in [0.25, 0.3) is 0 Å². The summed E-state index contributed by atoms with van der Waals surface area (Å²) < 4.78 is 12.8. The van der Waals surface area contributed by atoms with E-state index >= 15 is 0 Å². The van der Waals surface area contributed by atoms with Gasteiger partial charge in [0.05, 0.1) is 11.6 Å². The van der Waals surface area contributed by atoms with Crippen molar-refractivity contribution in [1.29, 1.82) is 0 Å². The number of benzene rings is 1. The van der Waals surface area contributed by atoms with E-state index in [-0.39, 0.29) is 17.7 Å². The number of aliphatic hydroxyl groups excluding tert-OH is 1. The van der Waals surface area contributed by atoms with Crippen LogP contribution in [0.5, 0.6) is 0 Å². The third-order valence-corrected chi connectivity index (χ3v) is 2.58. The van der Waals surface area contributed by atoms with E-state index in [1.54, 1.807) is 12.1 Å². The van der Waals surface area contributed by atoms with Crippen molar-refractivity contribution in [3.63, 3.8) is 0 Å². The van der Waals surface area contributed by atoms with Gasteiger partial charge in [-0.1, -0.05) is 24.6 Å². The molecule has 4 heteroatoms. The molecule has 84 valence electrons. The number of hydrogen-bond donors (Lipinski definition) is 2. The van der Waals surface area contributed by atoms with Gasteiger partial charge in [-0.2, -0.15) is 0 Å². The largest absolute Gasteiger partial charge is 0.395 e. The standard InChI is InChI=1S/C11H15ClFNO/c1-2-9(7-15)14-6-8-3-4-11(13)10(12)5-8/h3-5,9,14-15H,2,6-7H2,1H3/t9-/m1/s1. The molecular formula is C11H15ClFNO. The third kappa shape index (κ3) is 3.78. The molecule has 0 aliphatic heterocycles. The van der Waals surface area contributed by atoms with Crippen molar-refractivity contribution in [3.05, 3.63) is 34.6 Å². The Kier molecular flexibility index (Phi) is 5.02. The van der Waals surface area contributed by atoms with Crippen LogP contribution < -0.4 is 5.32 Å². The summed E-state index contributed by atoms with van der Waals surface area (Å²) in [6.07, 6.45) is 0.853. The van der Waals surface area contributed by atoms with E-state index in [0.29, 0.717) is 6.54 Å². The summed E-state index contributed by atoms with van der Waals surface area (Å²) in [4.78, 5) is 0. The number of hydrogen-bond acceptors (Lipinski definition) is 2. The lowest BCUT2D eigenvalue weighted by molar-refractivity contribution is 0.238. The first-order valence-corrected chi connectivity index (χ1v) is 5.33. The smallest absolute Gasteiger partial charge is 0.141 e. The van der Waals surface area contributed by atoms with Crippen molar-refractivity contribution in [2.75, 3.05) is 6.61 Å². The van der Waals surface area contributed by atoms with Crippen LogP contribution >= 0.6 is 11.6 Å². The molecule has 0 aromatic heterocycles. The van der Waals surface area contributed by atoms with Crippen molar-refractivity contribution in [1.82, 2.24) is 5.32 Å². The van der Waals surface area contributed by atoms with Gasteiger partial charge in [0, 0.05) is 12.6 Å². The van der Waals surface area contributed by atoms with E-state index < -0.39 is 5.82 Å². The second kappa shape index (κ2) is 6.05. The van der Waals surface area contributed by atoms with Crippen LogP contribution in [0.3, 0.4) is 0 Å². The Morgan fingerprint density at radius 1 is 1.53 bits per heavy atom. The summed E-state index contributed by atoms with van der Waals surface area (Å²) >= 11 is 5.64. The third-order valence-electron chi connectivity index (χ3n) is 2.29. The molecule has 0 radical (unpaired) electrons. The summed E-state index contributed by atoms with van der Waals surface area (Å²) in [5.74, 6) is -0.408. The fourth-order valence-corrected chi connectivity index (χ4v) is 1.45. The Morgan fingerprint density at radius 2 is 2.27 bits per heavy atom. The first-order valence-electron chi connectivity index (χ1n) is 4.95. The van der Waals surface area contributed by atoms with Crippen LogP contribution in [0.15, 0.2) is 18.2 Å². The molecule has 0 heterocycles. The van der Waals surface area contributed by atoms with E-state index in [1.807, 2.05) is 6.92 Å². The molecule has 0 saturated heterocycles. The number of halogens is 2. The minimum absolute atomic E-state index is 0.0776. The zero-order valence-corrected chi connectivity index (χ0v) is 9.39. The molecule has 15 heavy (non-hydrogen) atoms. The molecule has 1 aromatic rings. The number of nitrogens with one attached hydrogen (secondary N) is 1. The maximum absolute atomic E-state index is 12.8. The topological polar surface area (TPSA) is 32.3 Å². The molecule has 2 nitrogen and oxygen atoms in total. The molecule has 0 spiro atoms. The molecule has 2 N–H and O–H groups in total. The van der Waals surface area contributed by atoms with Crippen molar-refractivity contribution < 1.29 is 9.50 Å². The van der Waals surface area contributed by atoms with Crippen LogP contribution in [0.2, 0.25) is 5.02 Å². The van der Waals surface area contributed by atoms with Gasteiger partial charge in [-0.3, -0.25) is 0 Å². The number of rotatable bonds is 5. The Morgan fingerprint density at radius 3 is 2.80 bits per heavy atom. The lowest BCUT2D eigenvalue weighted by atomic mass is 10.2. The van der Waals surface area contributed by atoms with Crippen molar-refractivity contribution in [3.8, 4) is 0 Å². The molecule has 1 atom stereocenters. The molecule has 1 aromatic carbocycles. The fraction of sp³-hybridized carbons (Fsp3) is 0.455. The predicted octanol–water partition coefficient (Wildman–Crippen LogP) is 2.34. The van der Waals surface area contributed by atoms with E-state index in [0.717, 1.165) is 12.0 Å². The predicted molar refractivity (Wildman–Crippen MR) is 59.4 cm³/mol. The normalized spacial score (nSPS) is 12.8. The second-order valence-corrected chi connectivity index (χ2v) is 3.82. The number of aliphatic hydroxyl groups is 1. The average molecular weight is 232 g/mol. The van der Waals surface area contributed by atoms with Gasteiger partial charge in [0.2, 0.25) is 0 Å². The van der Waals surface area contributed by atoms with Crippen LogP contribution in [0.1, 0.15) is 18.9 Å². The molecule has 0 bridgehead atoms. The van der Waals surface area contributed by atoms with Crippen LogP contribution in [-0.2, 0) is 6.54 Å². The summed E-state index contributed by atoms with van der Waals surface area (Å²) in [5, 5.41) is 12.2. The van der Waals surface area contributed by atoms with Crippen LogP contribution in [-0.4, -0.2) is 17.8 Å².